The van der Waals surface area contributed by atoms with E-state index in [1.807, 2.05) is 50.0 Å². The normalized spacial score (nSPS) is 12.0. The van der Waals surface area contributed by atoms with E-state index in [2.05, 4.69) is 0 Å². The maximum absolute atomic E-state index is 13.6. The minimum atomic E-state index is -0.237. The molecule has 6 heteroatoms. The summed E-state index contributed by atoms with van der Waals surface area (Å²) in [5.74, 6) is 0.390. The van der Waals surface area contributed by atoms with E-state index in [0.717, 1.165) is 11.1 Å². The number of nitrogens with one attached hydrogen (secondary N) is 1. The predicted octanol–water partition coefficient (Wildman–Crippen LogP) is 4.58. The number of halogens is 1. The summed E-state index contributed by atoms with van der Waals surface area (Å²) in [4.78, 5) is 13.0. The molecular weight excluding hydrogens is 381 g/mol. The Balaban J connectivity index is 1.84. The largest absolute Gasteiger partial charge is 0.494 e. The standard InChI is InChI=1S/C24H28FN3O2/c1-5-30-21-13-18(15-28-9-8-27(4)24(28)26)12-20(14-21)23(29)11-16(2)19-6-7-22(25)17(3)10-19/h6-10,12-14,16,26H,5,11,15H2,1-4H3/t16-/m1/s1. The Kier molecular flexibility index (Phi) is 6.55. The Hall–Kier alpha value is -3.15. The monoisotopic (exact) mass is 409 g/mol. The van der Waals surface area contributed by atoms with Gasteiger partial charge in [-0.15, -0.1) is 0 Å². The van der Waals surface area contributed by atoms with Crippen LogP contribution in [0.4, 0.5) is 4.39 Å². The highest BCUT2D eigenvalue weighted by molar-refractivity contribution is 5.97. The first kappa shape index (κ1) is 21.6. The fraction of sp³-hybridized carbons (Fsp3) is 0.333. The van der Waals surface area contributed by atoms with Crippen molar-refractivity contribution in [1.82, 2.24) is 9.13 Å². The van der Waals surface area contributed by atoms with Gasteiger partial charge in [-0.25, -0.2) is 4.39 Å². The molecule has 1 aromatic heterocycles. The van der Waals surface area contributed by atoms with Gasteiger partial charge in [-0.2, -0.15) is 0 Å². The van der Waals surface area contributed by atoms with Crippen molar-refractivity contribution >= 4 is 5.78 Å². The molecule has 0 unspecified atom stereocenters. The molecule has 0 spiro atoms. The maximum atomic E-state index is 13.6. The number of aryl methyl sites for hydroxylation is 2. The topological polar surface area (TPSA) is 60.0 Å². The number of hydrogen-bond acceptors (Lipinski definition) is 3. The smallest absolute Gasteiger partial charge is 0.202 e. The zero-order valence-corrected chi connectivity index (χ0v) is 17.9. The number of nitrogens with zero attached hydrogens (tertiary/aromatic N) is 2. The van der Waals surface area contributed by atoms with E-state index >= 15 is 0 Å². The van der Waals surface area contributed by atoms with Gasteiger partial charge in [0.25, 0.3) is 0 Å². The molecule has 2 aromatic carbocycles. The molecule has 0 saturated heterocycles. The van der Waals surface area contributed by atoms with Gasteiger partial charge in [-0.05, 0) is 60.7 Å². The maximum Gasteiger partial charge on any atom is 0.202 e. The lowest BCUT2D eigenvalue weighted by molar-refractivity contribution is 0.0975. The molecule has 0 aliphatic carbocycles. The number of aromatic nitrogens is 2. The third-order valence-electron chi connectivity index (χ3n) is 5.27. The number of benzene rings is 2. The van der Waals surface area contributed by atoms with E-state index in [1.165, 1.54) is 6.07 Å². The molecule has 1 N–H and O–H groups in total. The Morgan fingerprint density at radius 1 is 1.20 bits per heavy atom. The molecule has 0 bridgehead atoms. The number of rotatable bonds is 8. The highest BCUT2D eigenvalue weighted by atomic mass is 19.1. The van der Waals surface area contributed by atoms with E-state index < -0.39 is 0 Å². The van der Waals surface area contributed by atoms with Crippen molar-refractivity contribution in [1.29, 1.82) is 5.41 Å². The van der Waals surface area contributed by atoms with Gasteiger partial charge >= 0.3 is 0 Å². The summed E-state index contributed by atoms with van der Waals surface area (Å²) >= 11 is 0. The molecule has 0 saturated carbocycles. The van der Waals surface area contributed by atoms with Gasteiger partial charge in [0, 0.05) is 31.4 Å². The minimum absolute atomic E-state index is 0.0106. The number of ether oxygens (including phenoxy) is 1. The first-order chi connectivity index (χ1) is 14.3. The molecule has 30 heavy (non-hydrogen) atoms. The van der Waals surface area contributed by atoms with E-state index in [9.17, 15) is 9.18 Å². The predicted molar refractivity (Wildman–Crippen MR) is 114 cm³/mol. The van der Waals surface area contributed by atoms with Crippen LogP contribution >= 0.6 is 0 Å². The third kappa shape index (κ3) is 4.87. The van der Waals surface area contributed by atoms with Gasteiger partial charge in [-0.3, -0.25) is 10.2 Å². The lowest BCUT2D eigenvalue weighted by atomic mass is 9.91. The fourth-order valence-electron chi connectivity index (χ4n) is 3.50. The van der Waals surface area contributed by atoms with Gasteiger partial charge in [0.2, 0.25) is 5.62 Å². The molecule has 1 atom stereocenters. The number of hydrogen-bond donors (Lipinski definition) is 1. The molecule has 1 heterocycles. The van der Waals surface area contributed by atoms with Crippen LogP contribution in [-0.4, -0.2) is 21.5 Å². The van der Waals surface area contributed by atoms with Crippen LogP contribution in [0.2, 0.25) is 0 Å². The average Bonchev–Trinajstić information content (AvgIpc) is 3.02. The van der Waals surface area contributed by atoms with E-state index in [0.29, 0.717) is 42.1 Å². The fourth-order valence-corrected chi connectivity index (χ4v) is 3.50. The summed E-state index contributed by atoms with van der Waals surface area (Å²) in [7, 11) is 1.82. The van der Waals surface area contributed by atoms with Crippen molar-refractivity contribution < 1.29 is 13.9 Å². The van der Waals surface area contributed by atoms with Crippen LogP contribution in [0, 0.1) is 18.2 Å². The Morgan fingerprint density at radius 3 is 2.60 bits per heavy atom. The molecule has 3 aromatic rings. The van der Waals surface area contributed by atoms with Crippen LogP contribution in [0.5, 0.6) is 5.75 Å². The summed E-state index contributed by atoms with van der Waals surface area (Å²) in [5.41, 5.74) is 3.40. The molecule has 0 aliphatic rings. The molecule has 5 nitrogen and oxygen atoms in total. The van der Waals surface area contributed by atoms with E-state index in [4.69, 9.17) is 10.1 Å². The quantitative estimate of drug-likeness (QED) is 0.554. The highest BCUT2D eigenvalue weighted by Gasteiger charge is 2.16. The molecule has 3 rings (SSSR count). The van der Waals surface area contributed by atoms with Gasteiger partial charge in [0.1, 0.15) is 11.6 Å². The van der Waals surface area contributed by atoms with Crippen molar-refractivity contribution in [2.45, 2.75) is 39.7 Å². The number of Topliss-reactive ketones (excluding diaryl/α,β-unsaturated/α-hetero) is 1. The second kappa shape index (κ2) is 9.11. The van der Waals surface area contributed by atoms with E-state index in [-0.39, 0.29) is 17.5 Å². The SMILES string of the molecule is CCOc1cc(Cn2ccn(C)c2=N)cc(C(=O)C[C@@H](C)c2ccc(F)c(C)c2)c1. The second-order valence-electron chi connectivity index (χ2n) is 7.70. The summed E-state index contributed by atoms with van der Waals surface area (Å²) in [6, 6.07) is 10.5. The van der Waals surface area contributed by atoms with Crippen molar-refractivity contribution in [2.24, 2.45) is 7.05 Å². The lowest BCUT2D eigenvalue weighted by Crippen LogP contribution is -2.22. The highest BCUT2D eigenvalue weighted by Crippen LogP contribution is 2.25. The van der Waals surface area contributed by atoms with Crippen molar-refractivity contribution in [3.05, 3.63) is 82.5 Å². The minimum Gasteiger partial charge on any atom is -0.494 e. The van der Waals surface area contributed by atoms with Gasteiger partial charge in [0.05, 0.1) is 13.2 Å². The first-order valence-corrected chi connectivity index (χ1v) is 10.1. The van der Waals surface area contributed by atoms with Crippen LogP contribution in [0.25, 0.3) is 0 Å². The first-order valence-electron chi connectivity index (χ1n) is 10.1. The third-order valence-corrected chi connectivity index (χ3v) is 5.27. The number of ketones is 1. The lowest BCUT2D eigenvalue weighted by Gasteiger charge is -2.14. The molecule has 0 aliphatic heterocycles. The van der Waals surface area contributed by atoms with Crippen LogP contribution in [-0.2, 0) is 13.6 Å². The number of carbonyl (C=O) groups excluding carboxylic acids is 1. The number of imidazole rings is 1. The number of carbonyl (C=O) groups is 1. The van der Waals surface area contributed by atoms with Gasteiger partial charge in [-0.1, -0.05) is 19.1 Å². The van der Waals surface area contributed by atoms with Crippen LogP contribution in [0.1, 0.15) is 53.2 Å². The van der Waals surface area contributed by atoms with Crippen LogP contribution in [0.3, 0.4) is 0 Å². The Labute approximate surface area is 176 Å². The molecule has 0 amide bonds. The van der Waals surface area contributed by atoms with Crippen molar-refractivity contribution in [3.63, 3.8) is 0 Å². The summed E-state index contributed by atoms with van der Waals surface area (Å²) in [6.45, 7) is 6.59. The molecule has 0 radical (unpaired) electrons. The zero-order valence-electron chi connectivity index (χ0n) is 17.9. The van der Waals surface area contributed by atoms with Crippen molar-refractivity contribution in [3.8, 4) is 5.75 Å². The summed E-state index contributed by atoms with van der Waals surface area (Å²) in [5, 5.41) is 8.12. The molecule has 0 fully saturated rings. The second-order valence-corrected chi connectivity index (χ2v) is 7.70. The van der Waals surface area contributed by atoms with Gasteiger partial charge < -0.3 is 13.9 Å². The van der Waals surface area contributed by atoms with Crippen LogP contribution in [0.15, 0.2) is 48.8 Å². The van der Waals surface area contributed by atoms with Crippen molar-refractivity contribution in [2.75, 3.05) is 6.61 Å². The Bertz CT molecular complexity index is 1110. The average molecular weight is 410 g/mol. The Morgan fingerprint density at radius 2 is 1.97 bits per heavy atom. The zero-order chi connectivity index (χ0) is 21.8. The molecular formula is C24H28FN3O2. The van der Waals surface area contributed by atoms with E-state index in [1.54, 1.807) is 29.7 Å². The van der Waals surface area contributed by atoms with Gasteiger partial charge in [0.15, 0.2) is 5.78 Å². The molecule has 158 valence electrons. The van der Waals surface area contributed by atoms with Crippen LogP contribution < -0.4 is 10.4 Å². The summed E-state index contributed by atoms with van der Waals surface area (Å²) in [6.07, 6.45) is 3.99. The summed E-state index contributed by atoms with van der Waals surface area (Å²) < 4.78 is 22.8.